The first kappa shape index (κ1) is 20.8. The first-order chi connectivity index (χ1) is 14.5. The number of nitrogens with two attached hydrogens (primary N) is 1. The van der Waals surface area contributed by atoms with Gasteiger partial charge in [-0.05, 0) is 5.56 Å². The highest BCUT2D eigenvalue weighted by Crippen LogP contribution is 2.40. The molecule has 30 heavy (non-hydrogen) atoms. The maximum atomic E-state index is 11.8. The molecular weight excluding hydrogens is 384 g/mol. The third kappa shape index (κ3) is 4.72. The lowest BCUT2D eigenvalue weighted by molar-refractivity contribution is 0.100. The van der Waals surface area contributed by atoms with Gasteiger partial charge >= 0.3 is 0 Å². The minimum Gasteiger partial charge on any atom is -0.493 e. The number of primary amides is 1. The summed E-state index contributed by atoms with van der Waals surface area (Å²) >= 11 is 0. The van der Waals surface area contributed by atoms with E-state index in [1.54, 1.807) is 39.5 Å². The van der Waals surface area contributed by atoms with Crippen LogP contribution < -0.4 is 30.6 Å². The molecule has 3 aromatic rings. The molecule has 0 saturated carbocycles. The van der Waals surface area contributed by atoms with Crippen LogP contribution in [-0.4, -0.2) is 32.2 Å². The fourth-order valence-corrected chi connectivity index (χ4v) is 2.96. The number of methoxy groups -OCH3 is 3. The number of nitrogens with one attached hydrogen (secondary N) is 2. The van der Waals surface area contributed by atoms with E-state index in [2.05, 4.69) is 15.6 Å². The molecule has 0 unspecified atom stereocenters. The van der Waals surface area contributed by atoms with Gasteiger partial charge in [0.15, 0.2) is 11.5 Å². The summed E-state index contributed by atoms with van der Waals surface area (Å²) in [7, 11) is 4.64. The molecule has 8 nitrogen and oxygen atoms in total. The van der Waals surface area contributed by atoms with E-state index in [0.717, 1.165) is 5.56 Å². The maximum absolute atomic E-state index is 11.8. The highest BCUT2D eigenvalue weighted by atomic mass is 16.5. The van der Waals surface area contributed by atoms with Gasteiger partial charge in [-0.3, -0.25) is 4.79 Å². The summed E-state index contributed by atoms with van der Waals surface area (Å²) in [4.78, 5) is 16.1. The summed E-state index contributed by atoms with van der Waals surface area (Å²) in [5.41, 5.74) is 8.15. The molecule has 4 N–H and O–H groups in total. The quantitative estimate of drug-likeness (QED) is 0.497. The average Bonchev–Trinajstić information content (AvgIpc) is 2.77. The van der Waals surface area contributed by atoms with Crippen molar-refractivity contribution < 1.29 is 19.0 Å². The van der Waals surface area contributed by atoms with Crippen molar-refractivity contribution in [3.05, 3.63) is 65.9 Å². The van der Waals surface area contributed by atoms with Crippen LogP contribution in [0.3, 0.4) is 0 Å². The monoisotopic (exact) mass is 408 g/mol. The van der Waals surface area contributed by atoms with Crippen molar-refractivity contribution in [1.29, 1.82) is 0 Å². The van der Waals surface area contributed by atoms with Crippen LogP contribution in [-0.2, 0) is 6.54 Å². The van der Waals surface area contributed by atoms with E-state index in [1.807, 2.05) is 30.3 Å². The van der Waals surface area contributed by atoms with E-state index < -0.39 is 5.91 Å². The molecule has 0 spiro atoms. The number of aromatic nitrogens is 1. The molecule has 0 aliphatic rings. The predicted molar refractivity (Wildman–Crippen MR) is 116 cm³/mol. The third-order valence-electron chi connectivity index (χ3n) is 4.43. The van der Waals surface area contributed by atoms with Crippen molar-refractivity contribution in [3.8, 4) is 17.2 Å². The summed E-state index contributed by atoms with van der Waals surface area (Å²) in [6, 6.07) is 15.1. The van der Waals surface area contributed by atoms with Crippen LogP contribution >= 0.6 is 0 Å². The van der Waals surface area contributed by atoms with Gasteiger partial charge in [0.1, 0.15) is 5.82 Å². The smallest absolute Gasteiger partial charge is 0.252 e. The third-order valence-corrected chi connectivity index (χ3v) is 4.43. The molecular formula is C22H24N4O4. The van der Waals surface area contributed by atoms with E-state index in [4.69, 9.17) is 19.9 Å². The fraction of sp³-hybridized carbons (Fsp3) is 0.182. The zero-order valence-electron chi connectivity index (χ0n) is 17.1. The van der Waals surface area contributed by atoms with Crippen LogP contribution in [0.15, 0.2) is 54.7 Å². The Bertz CT molecular complexity index is 1000. The SMILES string of the molecule is COc1cc(Nc2cc(NCc3ccccc3)c(C(N)=O)cn2)cc(OC)c1OC. The Kier molecular flexibility index (Phi) is 6.59. The van der Waals surface area contributed by atoms with Gasteiger partial charge < -0.3 is 30.6 Å². The number of ether oxygens (including phenoxy) is 3. The lowest BCUT2D eigenvalue weighted by atomic mass is 10.2. The molecule has 2 aromatic carbocycles. The van der Waals surface area contributed by atoms with Crippen molar-refractivity contribution in [3.63, 3.8) is 0 Å². The Morgan fingerprint density at radius 1 is 1.00 bits per heavy atom. The van der Waals surface area contributed by atoms with E-state index in [1.165, 1.54) is 6.20 Å². The highest BCUT2D eigenvalue weighted by molar-refractivity contribution is 5.98. The van der Waals surface area contributed by atoms with Crippen molar-refractivity contribution in [2.75, 3.05) is 32.0 Å². The predicted octanol–water partition coefficient (Wildman–Crippen LogP) is 3.56. The molecule has 0 radical (unpaired) electrons. The Balaban J connectivity index is 1.88. The number of pyridine rings is 1. The molecule has 0 aliphatic carbocycles. The normalized spacial score (nSPS) is 10.2. The lowest BCUT2D eigenvalue weighted by Crippen LogP contribution is -2.15. The molecule has 0 saturated heterocycles. The van der Waals surface area contributed by atoms with E-state index in [-0.39, 0.29) is 0 Å². The molecule has 0 bridgehead atoms. The van der Waals surface area contributed by atoms with E-state index in [0.29, 0.717) is 46.5 Å². The topological polar surface area (TPSA) is 108 Å². The Hall–Kier alpha value is -3.94. The maximum Gasteiger partial charge on any atom is 0.252 e. The number of amides is 1. The summed E-state index contributed by atoms with van der Waals surface area (Å²) in [6.07, 6.45) is 1.44. The minimum absolute atomic E-state index is 0.307. The van der Waals surface area contributed by atoms with Gasteiger partial charge in [0, 0.05) is 36.6 Å². The van der Waals surface area contributed by atoms with Crippen LogP contribution in [0.4, 0.5) is 17.2 Å². The van der Waals surface area contributed by atoms with Gasteiger partial charge in [-0.25, -0.2) is 4.98 Å². The summed E-state index contributed by atoms with van der Waals surface area (Å²) in [5.74, 6) is 1.47. The van der Waals surface area contributed by atoms with Crippen LogP contribution in [0.5, 0.6) is 17.2 Å². The van der Waals surface area contributed by atoms with Gasteiger partial charge in [0.2, 0.25) is 5.75 Å². The zero-order valence-corrected chi connectivity index (χ0v) is 17.1. The van der Waals surface area contributed by atoms with Crippen LogP contribution in [0.2, 0.25) is 0 Å². The number of anilines is 3. The molecule has 1 amide bonds. The Morgan fingerprint density at radius 2 is 1.67 bits per heavy atom. The second-order valence-electron chi connectivity index (χ2n) is 6.36. The van der Waals surface area contributed by atoms with Crippen molar-refractivity contribution in [2.45, 2.75) is 6.54 Å². The van der Waals surface area contributed by atoms with Gasteiger partial charge in [-0.1, -0.05) is 30.3 Å². The first-order valence-corrected chi connectivity index (χ1v) is 9.20. The van der Waals surface area contributed by atoms with Crippen molar-refractivity contribution in [2.24, 2.45) is 5.73 Å². The second kappa shape index (κ2) is 9.51. The van der Waals surface area contributed by atoms with Crippen LogP contribution in [0, 0.1) is 0 Å². The largest absolute Gasteiger partial charge is 0.493 e. The van der Waals surface area contributed by atoms with Gasteiger partial charge in [0.25, 0.3) is 5.91 Å². The van der Waals surface area contributed by atoms with Crippen molar-refractivity contribution >= 4 is 23.1 Å². The number of carbonyl (C=O) groups excluding carboxylic acids is 1. The second-order valence-corrected chi connectivity index (χ2v) is 6.36. The van der Waals surface area contributed by atoms with Gasteiger partial charge in [0.05, 0.1) is 32.6 Å². The summed E-state index contributed by atoms with van der Waals surface area (Å²) < 4.78 is 16.1. The number of carbonyl (C=O) groups is 1. The fourth-order valence-electron chi connectivity index (χ4n) is 2.96. The number of hydrogen-bond acceptors (Lipinski definition) is 7. The Labute approximate surface area is 175 Å². The minimum atomic E-state index is -0.558. The summed E-state index contributed by atoms with van der Waals surface area (Å²) in [6.45, 7) is 0.536. The van der Waals surface area contributed by atoms with Crippen LogP contribution in [0.1, 0.15) is 15.9 Å². The molecule has 1 aromatic heterocycles. The number of benzene rings is 2. The molecule has 0 fully saturated rings. The molecule has 0 atom stereocenters. The standard InChI is InChI=1S/C22H24N4O4/c1-28-18-9-15(10-19(29-2)21(18)30-3)26-20-11-17(16(13-25-20)22(23)27)24-12-14-7-5-4-6-8-14/h4-11,13H,12H2,1-3H3,(H2,23,27)(H2,24,25,26). The molecule has 156 valence electrons. The summed E-state index contributed by atoms with van der Waals surface area (Å²) in [5, 5.41) is 6.44. The van der Waals surface area contributed by atoms with E-state index >= 15 is 0 Å². The van der Waals surface area contributed by atoms with Crippen molar-refractivity contribution in [1.82, 2.24) is 4.98 Å². The number of hydrogen-bond donors (Lipinski definition) is 3. The molecule has 1 heterocycles. The van der Waals surface area contributed by atoms with Crippen LogP contribution in [0.25, 0.3) is 0 Å². The van der Waals surface area contributed by atoms with Gasteiger partial charge in [-0.15, -0.1) is 0 Å². The highest BCUT2D eigenvalue weighted by Gasteiger charge is 2.15. The average molecular weight is 408 g/mol. The first-order valence-electron chi connectivity index (χ1n) is 9.20. The molecule has 8 heteroatoms. The lowest BCUT2D eigenvalue weighted by Gasteiger charge is -2.16. The number of rotatable bonds is 9. The number of nitrogens with zero attached hydrogens (tertiary/aromatic N) is 1. The van der Waals surface area contributed by atoms with E-state index in [9.17, 15) is 4.79 Å². The van der Waals surface area contributed by atoms with Gasteiger partial charge in [-0.2, -0.15) is 0 Å². The zero-order chi connectivity index (χ0) is 21.5. The molecule has 3 rings (SSSR count). The molecule has 0 aliphatic heterocycles. The Morgan fingerprint density at radius 3 is 2.23 bits per heavy atom.